The molecule has 0 radical (unpaired) electrons. The highest BCUT2D eigenvalue weighted by Gasteiger charge is 2.25. The Kier molecular flexibility index (Phi) is 1.91. The van der Waals surface area contributed by atoms with E-state index in [1.54, 1.807) is 0 Å². The average Bonchev–Trinajstić information content (AvgIpc) is 2.81. The van der Waals surface area contributed by atoms with Crippen LogP contribution in [-0.4, -0.2) is 5.16 Å². The summed E-state index contributed by atoms with van der Waals surface area (Å²) in [6.45, 7) is 6.53. The van der Waals surface area contributed by atoms with Crippen molar-refractivity contribution in [2.75, 3.05) is 0 Å². The predicted molar refractivity (Wildman–Crippen MR) is 64.7 cm³/mol. The standard InChI is InChI=1S/C14H17NO/c1-14(2,3)13-11-8-7-9-5-4-6-10(9)12(11)16-15-13/h7-8H,4-6H2,1-3H3. The first-order chi connectivity index (χ1) is 7.57. The number of aryl methyl sites for hydroxylation is 2. The lowest BCUT2D eigenvalue weighted by atomic mass is 9.89. The fraction of sp³-hybridized carbons (Fsp3) is 0.500. The van der Waals surface area contributed by atoms with Crippen LogP contribution in [0, 0.1) is 0 Å². The molecule has 2 aromatic rings. The van der Waals surface area contributed by atoms with Crippen molar-refractivity contribution in [2.45, 2.75) is 45.4 Å². The van der Waals surface area contributed by atoms with Crippen LogP contribution in [0.3, 0.4) is 0 Å². The van der Waals surface area contributed by atoms with Crippen molar-refractivity contribution < 1.29 is 4.52 Å². The van der Waals surface area contributed by atoms with E-state index in [9.17, 15) is 0 Å². The Bertz CT molecular complexity index is 546. The van der Waals surface area contributed by atoms with Gasteiger partial charge in [0.2, 0.25) is 0 Å². The molecule has 0 fully saturated rings. The van der Waals surface area contributed by atoms with Gasteiger partial charge >= 0.3 is 0 Å². The van der Waals surface area contributed by atoms with Gasteiger partial charge in [-0.05, 0) is 30.9 Å². The fourth-order valence-electron chi connectivity index (χ4n) is 2.60. The third kappa shape index (κ3) is 1.29. The van der Waals surface area contributed by atoms with Gasteiger partial charge in [0.25, 0.3) is 0 Å². The molecule has 0 N–H and O–H groups in total. The summed E-state index contributed by atoms with van der Waals surface area (Å²) in [7, 11) is 0. The first-order valence-corrected chi connectivity index (χ1v) is 5.98. The molecule has 0 spiro atoms. The molecule has 0 bridgehead atoms. The lowest BCUT2D eigenvalue weighted by molar-refractivity contribution is 0.418. The highest BCUT2D eigenvalue weighted by Crippen LogP contribution is 2.35. The van der Waals surface area contributed by atoms with Crippen LogP contribution in [0.1, 0.15) is 44.0 Å². The Morgan fingerprint density at radius 1 is 1.19 bits per heavy atom. The van der Waals surface area contributed by atoms with E-state index < -0.39 is 0 Å². The van der Waals surface area contributed by atoms with E-state index in [1.165, 1.54) is 29.4 Å². The summed E-state index contributed by atoms with van der Waals surface area (Å²) >= 11 is 0. The normalized spacial score (nSPS) is 15.7. The molecule has 3 rings (SSSR count). The van der Waals surface area contributed by atoms with E-state index in [1.807, 2.05) is 0 Å². The number of nitrogens with zero attached hydrogens (tertiary/aromatic N) is 1. The highest BCUT2D eigenvalue weighted by molar-refractivity contribution is 5.84. The maximum absolute atomic E-state index is 5.57. The Labute approximate surface area is 95.6 Å². The number of fused-ring (bicyclic) bond motifs is 3. The number of hydrogen-bond donors (Lipinski definition) is 0. The third-order valence-electron chi connectivity index (χ3n) is 3.42. The van der Waals surface area contributed by atoms with Gasteiger partial charge in [-0.15, -0.1) is 0 Å². The number of benzene rings is 1. The molecule has 2 nitrogen and oxygen atoms in total. The van der Waals surface area contributed by atoms with Crippen LogP contribution in [0.5, 0.6) is 0 Å². The molecule has 1 aliphatic carbocycles. The Balaban J connectivity index is 2.30. The lowest BCUT2D eigenvalue weighted by Crippen LogP contribution is -2.11. The van der Waals surface area contributed by atoms with E-state index in [0.29, 0.717) is 0 Å². The molecule has 0 saturated heterocycles. The molecule has 84 valence electrons. The van der Waals surface area contributed by atoms with Crippen molar-refractivity contribution in [3.63, 3.8) is 0 Å². The van der Waals surface area contributed by atoms with Crippen molar-refractivity contribution in [1.82, 2.24) is 5.16 Å². The molecule has 1 heterocycles. The first-order valence-electron chi connectivity index (χ1n) is 5.98. The molecule has 1 aromatic carbocycles. The Hall–Kier alpha value is -1.31. The monoisotopic (exact) mass is 215 g/mol. The summed E-state index contributed by atoms with van der Waals surface area (Å²) in [6, 6.07) is 4.42. The second-order valence-corrected chi connectivity index (χ2v) is 5.71. The van der Waals surface area contributed by atoms with E-state index in [-0.39, 0.29) is 5.41 Å². The smallest absolute Gasteiger partial charge is 0.170 e. The van der Waals surface area contributed by atoms with Crippen molar-refractivity contribution in [3.05, 3.63) is 29.0 Å². The van der Waals surface area contributed by atoms with Gasteiger partial charge in [-0.1, -0.05) is 32.0 Å². The van der Waals surface area contributed by atoms with Gasteiger partial charge in [-0.2, -0.15) is 0 Å². The molecular weight excluding hydrogens is 198 g/mol. The summed E-state index contributed by atoms with van der Waals surface area (Å²) in [6.07, 6.45) is 3.59. The fourth-order valence-corrected chi connectivity index (χ4v) is 2.60. The third-order valence-corrected chi connectivity index (χ3v) is 3.42. The second-order valence-electron chi connectivity index (χ2n) is 5.71. The lowest BCUT2D eigenvalue weighted by Gasteiger charge is -2.14. The van der Waals surface area contributed by atoms with Crippen LogP contribution in [0.25, 0.3) is 11.0 Å². The highest BCUT2D eigenvalue weighted by atomic mass is 16.5. The number of aromatic nitrogens is 1. The molecule has 0 saturated carbocycles. The average molecular weight is 215 g/mol. The molecule has 0 aliphatic heterocycles. The summed E-state index contributed by atoms with van der Waals surface area (Å²) in [5.41, 5.74) is 5.00. The van der Waals surface area contributed by atoms with E-state index >= 15 is 0 Å². The second kappa shape index (κ2) is 3.09. The maximum Gasteiger partial charge on any atom is 0.170 e. The number of rotatable bonds is 0. The van der Waals surface area contributed by atoms with Crippen LogP contribution in [-0.2, 0) is 18.3 Å². The van der Waals surface area contributed by atoms with Gasteiger partial charge in [0.15, 0.2) is 5.58 Å². The van der Waals surface area contributed by atoms with Gasteiger partial charge in [0.05, 0.1) is 5.69 Å². The van der Waals surface area contributed by atoms with Crippen molar-refractivity contribution in [1.29, 1.82) is 0 Å². The molecule has 1 aliphatic rings. The molecule has 2 heteroatoms. The summed E-state index contributed by atoms with van der Waals surface area (Å²) in [5.74, 6) is 0. The molecular formula is C14H17NO. The topological polar surface area (TPSA) is 26.0 Å². The minimum atomic E-state index is 0.0537. The Morgan fingerprint density at radius 3 is 2.75 bits per heavy atom. The molecule has 16 heavy (non-hydrogen) atoms. The summed E-state index contributed by atoms with van der Waals surface area (Å²) in [5, 5.41) is 5.47. The van der Waals surface area contributed by atoms with E-state index in [4.69, 9.17) is 4.52 Å². The predicted octanol–water partition coefficient (Wildman–Crippen LogP) is 3.61. The molecule has 0 atom stereocenters. The molecule has 0 amide bonds. The zero-order valence-electron chi connectivity index (χ0n) is 10.1. The zero-order chi connectivity index (χ0) is 11.3. The largest absolute Gasteiger partial charge is 0.356 e. The first kappa shape index (κ1) is 9.88. The molecule has 1 aromatic heterocycles. The van der Waals surface area contributed by atoms with Gasteiger partial charge < -0.3 is 4.52 Å². The van der Waals surface area contributed by atoms with E-state index in [0.717, 1.165) is 17.7 Å². The van der Waals surface area contributed by atoms with Crippen LogP contribution in [0.15, 0.2) is 16.7 Å². The van der Waals surface area contributed by atoms with Crippen molar-refractivity contribution in [3.8, 4) is 0 Å². The minimum Gasteiger partial charge on any atom is -0.356 e. The maximum atomic E-state index is 5.57. The van der Waals surface area contributed by atoms with Gasteiger partial charge in [-0.3, -0.25) is 0 Å². The van der Waals surface area contributed by atoms with Crippen molar-refractivity contribution in [2.24, 2.45) is 0 Å². The van der Waals surface area contributed by atoms with Crippen LogP contribution >= 0.6 is 0 Å². The van der Waals surface area contributed by atoms with Gasteiger partial charge in [0, 0.05) is 16.4 Å². The quantitative estimate of drug-likeness (QED) is 0.671. The van der Waals surface area contributed by atoms with Gasteiger partial charge in [-0.25, -0.2) is 0 Å². The Morgan fingerprint density at radius 2 is 2.00 bits per heavy atom. The SMILES string of the molecule is CC(C)(C)c1noc2c3c(ccc12)CCC3. The van der Waals surface area contributed by atoms with E-state index in [2.05, 4.69) is 38.1 Å². The van der Waals surface area contributed by atoms with Crippen LogP contribution < -0.4 is 0 Å². The van der Waals surface area contributed by atoms with Crippen molar-refractivity contribution >= 4 is 11.0 Å². The summed E-state index contributed by atoms with van der Waals surface area (Å²) in [4.78, 5) is 0. The van der Waals surface area contributed by atoms with Crippen LogP contribution in [0.4, 0.5) is 0 Å². The van der Waals surface area contributed by atoms with Gasteiger partial charge in [0.1, 0.15) is 0 Å². The minimum absolute atomic E-state index is 0.0537. The number of hydrogen-bond acceptors (Lipinski definition) is 2. The zero-order valence-corrected chi connectivity index (χ0v) is 10.1. The van der Waals surface area contributed by atoms with Crippen LogP contribution in [0.2, 0.25) is 0 Å². The summed E-state index contributed by atoms with van der Waals surface area (Å²) < 4.78 is 5.57. The molecule has 0 unspecified atom stereocenters.